The van der Waals surface area contributed by atoms with Gasteiger partial charge in [-0.2, -0.15) is 5.26 Å². The van der Waals surface area contributed by atoms with Crippen LogP contribution in [0.3, 0.4) is 0 Å². The average molecular weight is 614 g/mol. The van der Waals surface area contributed by atoms with E-state index in [0.717, 1.165) is 16.3 Å². The zero-order chi connectivity index (χ0) is 31.9. The summed E-state index contributed by atoms with van der Waals surface area (Å²) in [6, 6.07) is 27.8. The monoisotopic (exact) mass is 613 g/mol. The summed E-state index contributed by atoms with van der Waals surface area (Å²) in [5.74, 6) is 1.04. The molecule has 230 valence electrons. The number of ether oxygens (including phenoxy) is 2. The first-order valence-corrected chi connectivity index (χ1v) is 14.8. The maximum atomic E-state index is 13.8. The highest BCUT2D eigenvalue weighted by atomic mass is 16.6. The molecule has 2 amide bonds. The van der Waals surface area contributed by atoms with Gasteiger partial charge in [0.15, 0.2) is 5.82 Å². The zero-order valence-electron chi connectivity index (χ0n) is 25.2. The van der Waals surface area contributed by atoms with Crippen molar-refractivity contribution in [3.05, 3.63) is 109 Å². The molecule has 1 N–H and O–H groups in total. The maximum absolute atomic E-state index is 13.8. The lowest BCUT2D eigenvalue weighted by atomic mass is 10.1. The maximum Gasteiger partial charge on any atom is 0.410 e. The van der Waals surface area contributed by atoms with Crippen molar-refractivity contribution in [3.63, 3.8) is 0 Å². The van der Waals surface area contributed by atoms with E-state index in [1.165, 1.54) is 0 Å². The van der Waals surface area contributed by atoms with Crippen molar-refractivity contribution in [1.82, 2.24) is 19.9 Å². The summed E-state index contributed by atoms with van der Waals surface area (Å²) >= 11 is 0. The second kappa shape index (κ2) is 13.7. The third-order valence-electron chi connectivity index (χ3n) is 7.78. The van der Waals surface area contributed by atoms with E-state index in [4.69, 9.17) is 14.5 Å². The van der Waals surface area contributed by atoms with Crippen molar-refractivity contribution < 1.29 is 19.1 Å². The molecule has 0 bridgehead atoms. The Labute approximate surface area is 266 Å². The summed E-state index contributed by atoms with van der Waals surface area (Å²) in [5, 5.41) is 14.4. The van der Waals surface area contributed by atoms with Crippen molar-refractivity contribution in [2.24, 2.45) is 0 Å². The summed E-state index contributed by atoms with van der Waals surface area (Å²) in [7, 11) is 1.58. The first-order valence-electron chi connectivity index (χ1n) is 14.8. The topological polar surface area (TPSA) is 134 Å². The molecule has 1 saturated heterocycles. The molecule has 1 atom stereocenters. The second-order valence-corrected chi connectivity index (χ2v) is 10.7. The molecule has 11 nitrogen and oxygen atoms in total. The van der Waals surface area contributed by atoms with Gasteiger partial charge in [-0.1, -0.05) is 54.6 Å². The number of piperazine rings is 1. The summed E-state index contributed by atoms with van der Waals surface area (Å²) in [6.45, 7) is 1.19. The van der Waals surface area contributed by atoms with E-state index in [1.54, 1.807) is 48.7 Å². The number of fused-ring (bicyclic) bond motifs is 1. The lowest BCUT2D eigenvalue weighted by Gasteiger charge is -2.40. The van der Waals surface area contributed by atoms with E-state index in [0.29, 0.717) is 48.3 Å². The molecule has 3 heterocycles. The van der Waals surface area contributed by atoms with Crippen molar-refractivity contribution in [2.75, 3.05) is 37.0 Å². The van der Waals surface area contributed by atoms with E-state index in [2.05, 4.69) is 21.4 Å². The van der Waals surface area contributed by atoms with Crippen LogP contribution in [0.5, 0.6) is 5.75 Å². The van der Waals surface area contributed by atoms with Crippen LogP contribution >= 0.6 is 0 Å². The van der Waals surface area contributed by atoms with Crippen LogP contribution < -0.4 is 15.0 Å². The highest BCUT2D eigenvalue weighted by Crippen LogP contribution is 2.30. The standard InChI is InChI=1S/C35H31N7O4/c1-45-28-19-26-9-5-6-10-29(26)30(20-28)39-34(43)31-21-32(40-33(38-31)25-12-15-37-16-13-25)41-17-18-42(27(22-41)11-14-36)35(44)46-23-24-7-3-2-4-8-24/h2-10,12-13,15-16,19-21,27H,11,17-18,22-23H2,1H3,(H,39,43)/t27-/m0/s1. The highest BCUT2D eigenvalue weighted by molar-refractivity contribution is 6.09. The van der Waals surface area contributed by atoms with Gasteiger partial charge in [0, 0.05) is 55.1 Å². The number of hydrogen-bond donors (Lipinski definition) is 1. The Kier molecular flexibility index (Phi) is 8.97. The predicted molar refractivity (Wildman–Crippen MR) is 173 cm³/mol. The SMILES string of the molecule is COc1cc(NC(=O)c2cc(N3CCN(C(=O)OCc4ccccc4)[C@@H](CC#N)C3)nc(-c3ccncc3)n2)c2ccccc2c1. The number of carbonyl (C=O) groups is 2. The third-order valence-corrected chi connectivity index (χ3v) is 7.78. The van der Waals surface area contributed by atoms with Crippen LogP contribution in [0, 0.1) is 11.3 Å². The molecule has 1 aliphatic heterocycles. The van der Waals surface area contributed by atoms with Gasteiger partial charge in [0.25, 0.3) is 5.91 Å². The summed E-state index contributed by atoms with van der Waals surface area (Å²) in [6.07, 6.45) is 2.90. The lowest BCUT2D eigenvalue weighted by molar-refractivity contribution is 0.0768. The average Bonchev–Trinajstić information content (AvgIpc) is 3.11. The van der Waals surface area contributed by atoms with Crippen LogP contribution in [0.4, 0.5) is 16.3 Å². The third kappa shape index (κ3) is 6.71. The number of nitrogens with one attached hydrogen (secondary N) is 1. The molecule has 1 fully saturated rings. The summed E-state index contributed by atoms with van der Waals surface area (Å²) in [5.41, 5.74) is 2.31. The minimum Gasteiger partial charge on any atom is -0.497 e. The van der Waals surface area contributed by atoms with Gasteiger partial charge >= 0.3 is 6.09 Å². The fraction of sp³-hybridized carbons (Fsp3) is 0.200. The number of methoxy groups -OCH3 is 1. The Morgan fingerprint density at radius 3 is 2.54 bits per heavy atom. The minimum absolute atomic E-state index is 0.107. The van der Waals surface area contributed by atoms with Gasteiger partial charge < -0.3 is 24.6 Å². The molecule has 0 spiro atoms. The Morgan fingerprint density at radius 1 is 0.978 bits per heavy atom. The van der Waals surface area contributed by atoms with Crippen LogP contribution in [-0.2, 0) is 11.3 Å². The summed E-state index contributed by atoms with van der Waals surface area (Å²) in [4.78, 5) is 43.9. The molecular weight excluding hydrogens is 582 g/mol. The molecule has 11 heteroatoms. The van der Waals surface area contributed by atoms with Crippen molar-refractivity contribution in [1.29, 1.82) is 5.26 Å². The number of hydrogen-bond acceptors (Lipinski definition) is 9. The number of nitriles is 1. The summed E-state index contributed by atoms with van der Waals surface area (Å²) < 4.78 is 11.1. The zero-order valence-corrected chi connectivity index (χ0v) is 25.2. The molecule has 6 rings (SSSR count). The lowest BCUT2D eigenvalue weighted by Crippen LogP contribution is -2.55. The van der Waals surface area contributed by atoms with Crippen LogP contribution in [0.15, 0.2) is 97.3 Å². The Hall–Kier alpha value is -6.02. The van der Waals surface area contributed by atoms with Gasteiger partial charge in [-0.05, 0) is 29.1 Å². The molecule has 0 radical (unpaired) electrons. The van der Waals surface area contributed by atoms with Gasteiger partial charge in [-0.3, -0.25) is 9.78 Å². The Morgan fingerprint density at radius 2 is 1.76 bits per heavy atom. The molecule has 2 aromatic heterocycles. The number of anilines is 2. The first kappa shape index (κ1) is 30.0. The smallest absolute Gasteiger partial charge is 0.410 e. The first-order chi connectivity index (χ1) is 22.5. The predicted octanol–water partition coefficient (Wildman–Crippen LogP) is 5.69. The van der Waals surface area contributed by atoms with Crippen LogP contribution in [-0.4, -0.2) is 64.6 Å². The number of pyridine rings is 1. The normalized spacial score (nSPS) is 14.4. The molecule has 0 saturated carbocycles. The van der Waals surface area contributed by atoms with Gasteiger partial charge in [0.1, 0.15) is 23.9 Å². The number of nitrogens with zero attached hydrogens (tertiary/aromatic N) is 6. The van der Waals surface area contributed by atoms with E-state index >= 15 is 0 Å². The minimum atomic E-state index is -0.477. The molecule has 3 aromatic carbocycles. The van der Waals surface area contributed by atoms with Gasteiger partial charge in [0.2, 0.25) is 0 Å². The van der Waals surface area contributed by atoms with E-state index in [-0.39, 0.29) is 18.7 Å². The van der Waals surface area contributed by atoms with Crippen LogP contribution in [0.1, 0.15) is 22.5 Å². The van der Waals surface area contributed by atoms with Gasteiger partial charge in [-0.25, -0.2) is 14.8 Å². The highest BCUT2D eigenvalue weighted by Gasteiger charge is 2.33. The van der Waals surface area contributed by atoms with Crippen molar-refractivity contribution >= 4 is 34.3 Å². The fourth-order valence-corrected chi connectivity index (χ4v) is 5.42. The van der Waals surface area contributed by atoms with E-state index in [1.807, 2.05) is 65.6 Å². The molecule has 1 aliphatic rings. The van der Waals surface area contributed by atoms with Crippen LogP contribution in [0.25, 0.3) is 22.2 Å². The largest absolute Gasteiger partial charge is 0.497 e. The molecule has 0 unspecified atom stereocenters. The van der Waals surface area contributed by atoms with E-state index in [9.17, 15) is 14.9 Å². The van der Waals surface area contributed by atoms with Crippen molar-refractivity contribution in [3.8, 4) is 23.2 Å². The Balaban J connectivity index is 1.28. The number of amides is 2. The molecular formula is C35H31N7O4. The van der Waals surface area contributed by atoms with Gasteiger partial charge in [0.05, 0.1) is 31.3 Å². The fourth-order valence-electron chi connectivity index (χ4n) is 5.42. The number of rotatable bonds is 8. The van der Waals surface area contributed by atoms with Gasteiger partial charge in [-0.15, -0.1) is 0 Å². The van der Waals surface area contributed by atoms with E-state index < -0.39 is 18.0 Å². The molecule has 0 aliphatic carbocycles. The molecule has 5 aromatic rings. The number of aromatic nitrogens is 3. The number of benzene rings is 3. The quantitative estimate of drug-likeness (QED) is 0.234. The molecule has 46 heavy (non-hydrogen) atoms. The second-order valence-electron chi connectivity index (χ2n) is 10.7. The van der Waals surface area contributed by atoms with Crippen molar-refractivity contribution in [2.45, 2.75) is 19.1 Å². The van der Waals surface area contributed by atoms with Crippen LogP contribution in [0.2, 0.25) is 0 Å². The Bertz CT molecular complexity index is 1900. The number of carbonyl (C=O) groups excluding carboxylic acids is 2.